The van der Waals surface area contributed by atoms with E-state index in [9.17, 15) is 4.79 Å². The van der Waals surface area contributed by atoms with Gasteiger partial charge in [0.05, 0.1) is 16.9 Å². The molecule has 0 unspecified atom stereocenters. The number of aryl methyl sites for hydroxylation is 2. The first-order valence-electron chi connectivity index (χ1n) is 11.9. The van der Waals surface area contributed by atoms with Crippen LogP contribution in [-0.2, 0) is 13.1 Å². The van der Waals surface area contributed by atoms with Gasteiger partial charge in [0.1, 0.15) is 0 Å². The van der Waals surface area contributed by atoms with Crippen LogP contribution in [0.2, 0.25) is 0 Å². The Kier molecular flexibility index (Phi) is 6.36. The Bertz CT molecular complexity index is 1240. The van der Waals surface area contributed by atoms with Gasteiger partial charge in [-0.3, -0.25) is 24.8 Å². The number of aromatic amines is 1. The minimum atomic E-state index is 0.00332. The average Bonchev–Trinajstić information content (AvgIpc) is 3.30. The van der Waals surface area contributed by atoms with Crippen molar-refractivity contribution in [3.05, 3.63) is 89.1 Å². The van der Waals surface area contributed by atoms with E-state index in [2.05, 4.69) is 51.0 Å². The molecule has 0 saturated carbocycles. The van der Waals surface area contributed by atoms with Crippen molar-refractivity contribution in [1.82, 2.24) is 30.0 Å². The Morgan fingerprint density at radius 1 is 0.941 bits per heavy atom. The van der Waals surface area contributed by atoms with Crippen molar-refractivity contribution >= 4 is 16.8 Å². The van der Waals surface area contributed by atoms with Gasteiger partial charge in [-0.25, -0.2) is 0 Å². The van der Waals surface area contributed by atoms with Gasteiger partial charge in [0.25, 0.3) is 5.91 Å². The van der Waals surface area contributed by atoms with E-state index in [0.29, 0.717) is 24.8 Å². The van der Waals surface area contributed by atoms with Crippen LogP contribution >= 0.6 is 0 Å². The molecule has 1 saturated heterocycles. The van der Waals surface area contributed by atoms with E-state index >= 15 is 0 Å². The van der Waals surface area contributed by atoms with Crippen molar-refractivity contribution in [3.8, 4) is 0 Å². The predicted molar refractivity (Wildman–Crippen MR) is 132 cm³/mol. The molecule has 5 rings (SSSR count). The molecule has 34 heavy (non-hydrogen) atoms. The van der Waals surface area contributed by atoms with Crippen molar-refractivity contribution in [3.63, 3.8) is 0 Å². The van der Waals surface area contributed by atoms with E-state index < -0.39 is 0 Å². The number of amides is 1. The molecule has 0 atom stereocenters. The molecule has 3 aromatic heterocycles. The summed E-state index contributed by atoms with van der Waals surface area (Å²) in [4.78, 5) is 26.9. The number of nitrogens with one attached hydrogen (secondary N) is 1. The van der Waals surface area contributed by atoms with Gasteiger partial charge in [0.15, 0.2) is 5.69 Å². The second-order valence-electron chi connectivity index (χ2n) is 9.08. The third-order valence-electron chi connectivity index (χ3n) is 6.88. The summed E-state index contributed by atoms with van der Waals surface area (Å²) < 4.78 is 0. The lowest BCUT2D eigenvalue weighted by Crippen LogP contribution is -2.46. The second kappa shape index (κ2) is 9.73. The monoisotopic (exact) mass is 454 g/mol. The van der Waals surface area contributed by atoms with Gasteiger partial charge >= 0.3 is 0 Å². The topological polar surface area (TPSA) is 78.0 Å². The fourth-order valence-corrected chi connectivity index (χ4v) is 4.78. The molecule has 1 aliphatic rings. The molecule has 1 aliphatic heterocycles. The molecule has 0 bridgehead atoms. The van der Waals surface area contributed by atoms with Gasteiger partial charge in [-0.2, -0.15) is 5.10 Å². The Labute approximate surface area is 199 Å². The fourth-order valence-electron chi connectivity index (χ4n) is 4.78. The Morgan fingerprint density at radius 2 is 1.56 bits per heavy atom. The molecular formula is C27H30N6O. The van der Waals surface area contributed by atoms with Crippen LogP contribution < -0.4 is 0 Å². The minimum absolute atomic E-state index is 0.00332. The van der Waals surface area contributed by atoms with Crippen molar-refractivity contribution in [2.45, 2.75) is 45.8 Å². The van der Waals surface area contributed by atoms with E-state index in [0.717, 1.165) is 48.2 Å². The number of carbonyl (C=O) groups excluding carboxylic acids is 1. The minimum Gasteiger partial charge on any atom is -0.337 e. The quantitative estimate of drug-likeness (QED) is 0.471. The lowest BCUT2D eigenvalue weighted by atomic mass is 10.0. The molecule has 0 radical (unpaired) electrons. The molecule has 0 spiro atoms. The number of hydrogen-bond donors (Lipinski definition) is 1. The number of carbonyl (C=O) groups is 1. The average molecular weight is 455 g/mol. The van der Waals surface area contributed by atoms with Crippen molar-refractivity contribution in [2.75, 3.05) is 13.1 Å². The lowest BCUT2D eigenvalue weighted by molar-refractivity contribution is 0.0586. The summed E-state index contributed by atoms with van der Waals surface area (Å²) in [5.74, 6) is 0.00332. The Hall–Kier alpha value is -3.58. The molecule has 7 nitrogen and oxygen atoms in total. The molecule has 1 aromatic carbocycles. The number of benzene rings is 1. The van der Waals surface area contributed by atoms with Gasteiger partial charge in [-0.15, -0.1) is 0 Å². The summed E-state index contributed by atoms with van der Waals surface area (Å²) in [5, 5.41) is 8.18. The highest BCUT2D eigenvalue weighted by molar-refractivity contribution is 6.04. The standard InChI is InChI=1S/C27H30N6O/c1-19-7-5-13-28-24(19)17-33(18-25-20(2)8-6-14-29-25)21-11-15-32(16-12-21)27(34)26-22-9-3-4-10-23(22)30-31-26/h3-10,13-14,21H,11-12,15-18H2,1-2H3,(H,30,31). The summed E-state index contributed by atoms with van der Waals surface area (Å²) in [6.07, 6.45) is 5.54. The largest absolute Gasteiger partial charge is 0.337 e. The van der Waals surface area contributed by atoms with Gasteiger partial charge in [0, 0.05) is 50.0 Å². The van der Waals surface area contributed by atoms with E-state index in [-0.39, 0.29) is 5.91 Å². The third kappa shape index (κ3) is 4.56. The lowest BCUT2D eigenvalue weighted by Gasteiger charge is -2.38. The van der Waals surface area contributed by atoms with Crippen LogP contribution in [0.15, 0.2) is 60.9 Å². The number of nitrogens with zero attached hydrogens (tertiary/aromatic N) is 5. The van der Waals surface area contributed by atoms with Crippen molar-refractivity contribution in [1.29, 1.82) is 0 Å². The first kappa shape index (κ1) is 22.2. The van der Waals surface area contributed by atoms with Crippen LogP contribution in [-0.4, -0.2) is 55.0 Å². The van der Waals surface area contributed by atoms with Gasteiger partial charge in [-0.1, -0.05) is 30.3 Å². The molecule has 1 N–H and O–H groups in total. The summed E-state index contributed by atoms with van der Waals surface area (Å²) in [6.45, 7) is 7.19. The highest BCUT2D eigenvalue weighted by Gasteiger charge is 2.30. The third-order valence-corrected chi connectivity index (χ3v) is 6.88. The molecule has 174 valence electrons. The zero-order valence-corrected chi connectivity index (χ0v) is 19.7. The normalized spacial score (nSPS) is 14.7. The van der Waals surface area contributed by atoms with Crippen LogP contribution in [0.4, 0.5) is 0 Å². The highest BCUT2D eigenvalue weighted by atomic mass is 16.2. The molecular weight excluding hydrogens is 424 g/mol. The van der Waals surface area contributed by atoms with Gasteiger partial charge in [0.2, 0.25) is 0 Å². The zero-order valence-electron chi connectivity index (χ0n) is 19.7. The predicted octanol–water partition coefficient (Wildman–Crippen LogP) is 4.28. The molecule has 7 heteroatoms. The van der Waals surface area contributed by atoms with Crippen LogP contribution in [0.3, 0.4) is 0 Å². The first-order valence-corrected chi connectivity index (χ1v) is 11.9. The summed E-state index contributed by atoms with van der Waals surface area (Å²) in [7, 11) is 0. The number of fused-ring (bicyclic) bond motifs is 1. The maximum atomic E-state index is 13.2. The first-order chi connectivity index (χ1) is 16.6. The SMILES string of the molecule is Cc1cccnc1CN(Cc1ncccc1C)C1CCN(C(=O)c2n[nH]c3ccccc23)CC1. The molecule has 4 heterocycles. The van der Waals surface area contributed by atoms with E-state index in [4.69, 9.17) is 0 Å². The van der Waals surface area contributed by atoms with E-state index in [1.165, 1.54) is 11.1 Å². The second-order valence-corrected chi connectivity index (χ2v) is 9.08. The molecule has 4 aromatic rings. The van der Waals surface area contributed by atoms with Crippen LogP contribution in [0.25, 0.3) is 10.9 Å². The molecule has 1 amide bonds. The van der Waals surface area contributed by atoms with Crippen molar-refractivity contribution < 1.29 is 4.79 Å². The number of pyridine rings is 2. The number of para-hydroxylation sites is 1. The van der Waals surface area contributed by atoms with Crippen molar-refractivity contribution in [2.24, 2.45) is 0 Å². The van der Waals surface area contributed by atoms with Crippen LogP contribution in [0.5, 0.6) is 0 Å². The summed E-state index contributed by atoms with van der Waals surface area (Å²) in [6, 6.07) is 16.3. The summed E-state index contributed by atoms with van der Waals surface area (Å²) in [5.41, 5.74) is 5.99. The Balaban J connectivity index is 1.32. The molecule has 0 aliphatic carbocycles. The fraction of sp³-hybridized carbons (Fsp3) is 0.333. The number of piperidine rings is 1. The van der Waals surface area contributed by atoms with Gasteiger partial charge < -0.3 is 4.90 Å². The van der Waals surface area contributed by atoms with Crippen LogP contribution in [0.1, 0.15) is 45.8 Å². The van der Waals surface area contributed by atoms with E-state index in [1.807, 2.05) is 53.7 Å². The maximum absolute atomic E-state index is 13.2. The molecule has 1 fully saturated rings. The maximum Gasteiger partial charge on any atom is 0.274 e. The van der Waals surface area contributed by atoms with Gasteiger partial charge in [-0.05, 0) is 56.0 Å². The number of hydrogen-bond acceptors (Lipinski definition) is 5. The highest BCUT2D eigenvalue weighted by Crippen LogP contribution is 2.24. The van der Waals surface area contributed by atoms with Crippen LogP contribution in [0, 0.1) is 13.8 Å². The van der Waals surface area contributed by atoms with E-state index in [1.54, 1.807) is 0 Å². The number of H-pyrrole nitrogens is 1. The zero-order chi connectivity index (χ0) is 23.5. The smallest absolute Gasteiger partial charge is 0.274 e. The number of likely N-dealkylation sites (tertiary alicyclic amines) is 1. The number of aromatic nitrogens is 4. The Morgan fingerprint density at radius 3 is 2.18 bits per heavy atom. The number of rotatable bonds is 6. The summed E-state index contributed by atoms with van der Waals surface area (Å²) >= 11 is 0.